The highest BCUT2D eigenvalue weighted by molar-refractivity contribution is 9.10. The zero-order valence-electron chi connectivity index (χ0n) is 10.00. The molecular weight excluding hydrogens is 316 g/mol. The normalized spacial score (nSPS) is 10.4. The molecule has 0 fully saturated rings. The summed E-state index contributed by atoms with van der Waals surface area (Å²) < 4.78 is 2.65. The number of amides is 1. The zero-order chi connectivity index (χ0) is 13.3. The minimum absolute atomic E-state index is 0.149. The lowest BCUT2D eigenvalue weighted by atomic mass is 10.3. The summed E-state index contributed by atoms with van der Waals surface area (Å²) in [6.45, 7) is 1.95. The predicted octanol–water partition coefficient (Wildman–Crippen LogP) is 4.00. The molecule has 1 amide bonds. The summed E-state index contributed by atoms with van der Waals surface area (Å²) in [6, 6.07) is 9.01. The minimum atomic E-state index is -0.149. The number of aromatic nitrogens is 1. The minimum Gasteiger partial charge on any atom is -0.344 e. The van der Waals surface area contributed by atoms with E-state index >= 15 is 0 Å². The van der Waals surface area contributed by atoms with Gasteiger partial charge in [-0.25, -0.2) is 0 Å². The topological polar surface area (TPSA) is 34.0 Å². The van der Waals surface area contributed by atoms with Crippen LogP contribution >= 0.6 is 27.5 Å². The lowest BCUT2D eigenvalue weighted by molar-refractivity contribution is 0.101. The van der Waals surface area contributed by atoms with Gasteiger partial charge in [-0.05, 0) is 53.2 Å². The molecule has 1 N–H and O–H groups in total. The zero-order valence-corrected chi connectivity index (χ0v) is 12.3. The molecule has 1 aromatic carbocycles. The summed E-state index contributed by atoms with van der Waals surface area (Å²) in [5, 5.41) is 3.38. The smallest absolute Gasteiger partial charge is 0.272 e. The number of carbonyl (C=O) groups excluding carboxylic acids is 1. The van der Waals surface area contributed by atoms with E-state index in [0.29, 0.717) is 16.4 Å². The molecule has 0 saturated heterocycles. The van der Waals surface area contributed by atoms with E-state index in [1.54, 1.807) is 24.3 Å². The number of aryl methyl sites for hydroxylation is 1. The quantitative estimate of drug-likeness (QED) is 0.888. The molecule has 0 atom stereocenters. The van der Waals surface area contributed by atoms with Crippen molar-refractivity contribution in [3.8, 4) is 0 Å². The first kappa shape index (κ1) is 13.2. The molecule has 0 spiro atoms. The Morgan fingerprint density at radius 2 is 2.06 bits per heavy atom. The fraction of sp³-hybridized carbons (Fsp3) is 0.154. The standard InChI is InChI=1S/C13H12BrClN2O/c1-8-3-6-12(17(8)2)13(18)16-9-4-5-10(14)11(15)7-9/h3-7H,1-2H3,(H,16,18). The Balaban J connectivity index is 2.21. The van der Waals surface area contributed by atoms with Crippen molar-refractivity contribution < 1.29 is 4.79 Å². The van der Waals surface area contributed by atoms with E-state index < -0.39 is 0 Å². The molecule has 0 radical (unpaired) electrons. The third-order valence-electron chi connectivity index (χ3n) is 2.78. The fourth-order valence-corrected chi connectivity index (χ4v) is 2.04. The van der Waals surface area contributed by atoms with E-state index in [0.717, 1.165) is 10.2 Å². The summed E-state index contributed by atoms with van der Waals surface area (Å²) in [4.78, 5) is 12.1. The Hall–Kier alpha value is -1.26. The number of nitrogens with one attached hydrogen (secondary N) is 1. The van der Waals surface area contributed by atoms with Crippen molar-refractivity contribution in [3.05, 3.63) is 51.2 Å². The highest BCUT2D eigenvalue weighted by Crippen LogP contribution is 2.25. The number of anilines is 1. The molecule has 2 rings (SSSR count). The van der Waals surface area contributed by atoms with E-state index in [2.05, 4.69) is 21.2 Å². The number of hydrogen-bond acceptors (Lipinski definition) is 1. The van der Waals surface area contributed by atoms with Gasteiger partial charge >= 0.3 is 0 Å². The molecule has 1 aromatic heterocycles. The van der Waals surface area contributed by atoms with E-state index in [1.165, 1.54) is 0 Å². The molecule has 94 valence electrons. The molecule has 0 bridgehead atoms. The highest BCUT2D eigenvalue weighted by Gasteiger charge is 2.11. The van der Waals surface area contributed by atoms with E-state index in [4.69, 9.17) is 11.6 Å². The van der Waals surface area contributed by atoms with Gasteiger partial charge < -0.3 is 9.88 Å². The first-order valence-electron chi connectivity index (χ1n) is 5.38. The van der Waals surface area contributed by atoms with Crippen LogP contribution in [-0.4, -0.2) is 10.5 Å². The first-order valence-corrected chi connectivity index (χ1v) is 6.55. The first-order chi connectivity index (χ1) is 8.49. The van der Waals surface area contributed by atoms with Crippen LogP contribution in [-0.2, 0) is 7.05 Å². The third-order valence-corrected chi connectivity index (χ3v) is 4.02. The van der Waals surface area contributed by atoms with E-state index in [1.807, 2.05) is 24.6 Å². The van der Waals surface area contributed by atoms with Gasteiger partial charge in [0.25, 0.3) is 5.91 Å². The van der Waals surface area contributed by atoms with Crippen molar-refractivity contribution in [1.29, 1.82) is 0 Å². The second kappa shape index (κ2) is 5.16. The number of rotatable bonds is 2. The molecule has 0 unspecified atom stereocenters. The van der Waals surface area contributed by atoms with Crippen molar-refractivity contribution in [1.82, 2.24) is 4.57 Å². The maximum absolute atomic E-state index is 12.1. The molecule has 0 saturated carbocycles. The summed E-state index contributed by atoms with van der Waals surface area (Å²) in [5.74, 6) is -0.149. The van der Waals surface area contributed by atoms with Gasteiger partial charge in [-0.3, -0.25) is 4.79 Å². The fourth-order valence-electron chi connectivity index (χ4n) is 1.61. The SMILES string of the molecule is Cc1ccc(C(=O)Nc2ccc(Br)c(Cl)c2)n1C. The second-order valence-electron chi connectivity index (χ2n) is 4.00. The molecule has 2 aromatic rings. The van der Waals surface area contributed by atoms with Crippen molar-refractivity contribution >= 4 is 39.1 Å². The van der Waals surface area contributed by atoms with Crippen LogP contribution in [0.15, 0.2) is 34.8 Å². The number of nitrogens with zero attached hydrogens (tertiary/aromatic N) is 1. The highest BCUT2D eigenvalue weighted by atomic mass is 79.9. The van der Waals surface area contributed by atoms with Gasteiger partial charge in [0.2, 0.25) is 0 Å². The molecule has 0 aliphatic rings. The van der Waals surface area contributed by atoms with Crippen LogP contribution in [0.25, 0.3) is 0 Å². The predicted molar refractivity (Wildman–Crippen MR) is 77.3 cm³/mol. The van der Waals surface area contributed by atoms with Gasteiger partial charge in [-0.1, -0.05) is 11.6 Å². The Morgan fingerprint density at radius 1 is 1.33 bits per heavy atom. The number of halogens is 2. The van der Waals surface area contributed by atoms with E-state index in [-0.39, 0.29) is 5.91 Å². The molecule has 0 aliphatic heterocycles. The largest absolute Gasteiger partial charge is 0.344 e. The van der Waals surface area contributed by atoms with Gasteiger partial charge in [0, 0.05) is 22.9 Å². The average Bonchev–Trinajstić information content (AvgIpc) is 2.65. The third kappa shape index (κ3) is 2.60. The van der Waals surface area contributed by atoms with Gasteiger partial charge in [0.1, 0.15) is 5.69 Å². The Bertz CT molecular complexity index is 607. The lowest BCUT2D eigenvalue weighted by Gasteiger charge is -2.08. The Labute approximate surface area is 119 Å². The second-order valence-corrected chi connectivity index (χ2v) is 5.26. The summed E-state index contributed by atoms with van der Waals surface area (Å²) in [6.07, 6.45) is 0. The van der Waals surface area contributed by atoms with Crippen LogP contribution in [0, 0.1) is 6.92 Å². The van der Waals surface area contributed by atoms with Crippen LogP contribution in [0.5, 0.6) is 0 Å². The van der Waals surface area contributed by atoms with Crippen molar-refractivity contribution in [2.24, 2.45) is 7.05 Å². The molecule has 1 heterocycles. The molecule has 0 aliphatic carbocycles. The summed E-state index contributed by atoms with van der Waals surface area (Å²) in [5.41, 5.74) is 2.33. The maximum Gasteiger partial charge on any atom is 0.272 e. The van der Waals surface area contributed by atoms with Crippen molar-refractivity contribution in [2.75, 3.05) is 5.32 Å². The molecule has 3 nitrogen and oxygen atoms in total. The van der Waals surface area contributed by atoms with Crippen LogP contribution in [0.3, 0.4) is 0 Å². The maximum atomic E-state index is 12.1. The monoisotopic (exact) mass is 326 g/mol. The number of hydrogen-bond donors (Lipinski definition) is 1. The average molecular weight is 328 g/mol. The lowest BCUT2D eigenvalue weighted by Crippen LogP contribution is -2.15. The van der Waals surface area contributed by atoms with Crippen LogP contribution in [0.1, 0.15) is 16.2 Å². The number of carbonyl (C=O) groups is 1. The van der Waals surface area contributed by atoms with E-state index in [9.17, 15) is 4.79 Å². The van der Waals surface area contributed by atoms with Gasteiger partial charge in [0.05, 0.1) is 5.02 Å². The number of benzene rings is 1. The molecule has 5 heteroatoms. The van der Waals surface area contributed by atoms with Crippen molar-refractivity contribution in [2.45, 2.75) is 6.92 Å². The Kier molecular flexibility index (Phi) is 3.78. The van der Waals surface area contributed by atoms with Crippen molar-refractivity contribution in [3.63, 3.8) is 0 Å². The Morgan fingerprint density at radius 3 is 2.61 bits per heavy atom. The van der Waals surface area contributed by atoms with Crippen LogP contribution in [0.2, 0.25) is 5.02 Å². The summed E-state index contributed by atoms with van der Waals surface area (Å²) in [7, 11) is 1.86. The van der Waals surface area contributed by atoms with Gasteiger partial charge in [-0.15, -0.1) is 0 Å². The van der Waals surface area contributed by atoms with Crippen LogP contribution < -0.4 is 5.32 Å². The van der Waals surface area contributed by atoms with Crippen LogP contribution in [0.4, 0.5) is 5.69 Å². The van der Waals surface area contributed by atoms with Gasteiger partial charge in [0.15, 0.2) is 0 Å². The van der Waals surface area contributed by atoms with Gasteiger partial charge in [-0.2, -0.15) is 0 Å². The molecule has 18 heavy (non-hydrogen) atoms. The summed E-state index contributed by atoms with van der Waals surface area (Å²) >= 11 is 9.28. The molecular formula is C13H12BrClN2O.